The van der Waals surface area contributed by atoms with Gasteiger partial charge in [-0.2, -0.15) is 0 Å². The van der Waals surface area contributed by atoms with E-state index in [0.717, 1.165) is 12.1 Å². The molecule has 2 rings (SSSR count). The average Bonchev–Trinajstić information content (AvgIpc) is 2.46. The molecule has 19 heavy (non-hydrogen) atoms. The van der Waals surface area contributed by atoms with Gasteiger partial charge in [0.2, 0.25) is 0 Å². The Hall–Kier alpha value is -1.94. The van der Waals surface area contributed by atoms with Gasteiger partial charge in [0, 0.05) is 6.20 Å². The molecule has 0 amide bonds. The molecule has 1 aromatic heterocycles. The molecule has 0 bridgehead atoms. The molecule has 0 aliphatic rings. The SMILES string of the molecule is CCC(Nc1cccnc1C(N)=S)c1ccccc1. The molecule has 0 saturated carbocycles. The molecule has 3 nitrogen and oxygen atoms in total. The molecular weight excluding hydrogens is 254 g/mol. The van der Waals surface area contributed by atoms with Crippen molar-refractivity contribution in [2.45, 2.75) is 19.4 Å². The molecule has 1 heterocycles. The van der Waals surface area contributed by atoms with Crippen LogP contribution in [0.4, 0.5) is 5.69 Å². The van der Waals surface area contributed by atoms with Crippen LogP contribution in [0.2, 0.25) is 0 Å². The Morgan fingerprint density at radius 3 is 2.63 bits per heavy atom. The normalized spacial score (nSPS) is 11.8. The van der Waals surface area contributed by atoms with Crippen LogP contribution < -0.4 is 11.1 Å². The second kappa shape index (κ2) is 6.29. The van der Waals surface area contributed by atoms with E-state index in [-0.39, 0.29) is 6.04 Å². The summed E-state index contributed by atoms with van der Waals surface area (Å²) < 4.78 is 0. The molecule has 0 aliphatic carbocycles. The van der Waals surface area contributed by atoms with Crippen molar-refractivity contribution in [2.75, 3.05) is 5.32 Å². The number of rotatable bonds is 5. The second-order valence-electron chi connectivity index (χ2n) is 4.28. The van der Waals surface area contributed by atoms with E-state index in [1.165, 1.54) is 5.56 Å². The summed E-state index contributed by atoms with van der Waals surface area (Å²) in [6.07, 6.45) is 2.67. The van der Waals surface area contributed by atoms with Crippen LogP contribution in [0.3, 0.4) is 0 Å². The lowest BCUT2D eigenvalue weighted by Gasteiger charge is -2.20. The van der Waals surface area contributed by atoms with E-state index in [0.29, 0.717) is 10.7 Å². The number of nitrogens with one attached hydrogen (secondary N) is 1. The van der Waals surface area contributed by atoms with Crippen molar-refractivity contribution in [1.29, 1.82) is 0 Å². The smallest absolute Gasteiger partial charge is 0.124 e. The molecule has 3 N–H and O–H groups in total. The van der Waals surface area contributed by atoms with Crippen LogP contribution in [0.1, 0.15) is 30.6 Å². The van der Waals surface area contributed by atoms with Crippen molar-refractivity contribution >= 4 is 22.9 Å². The molecule has 1 atom stereocenters. The molecule has 0 saturated heterocycles. The van der Waals surface area contributed by atoms with Gasteiger partial charge in [-0.15, -0.1) is 0 Å². The highest BCUT2D eigenvalue weighted by molar-refractivity contribution is 7.80. The first-order valence-electron chi connectivity index (χ1n) is 6.28. The van der Waals surface area contributed by atoms with Crippen LogP contribution in [0.15, 0.2) is 48.7 Å². The van der Waals surface area contributed by atoms with Crippen LogP contribution in [0.25, 0.3) is 0 Å². The standard InChI is InChI=1S/C15H17N3S/c1-2-12(11-7-4-3-5-8-11)18-13-9-6-10-17-14(13)15(16)19/h3-10,12,18H,2H2,1H3,(H2,16,19). The largest absolute Gasteiger partial charge is 0.388 e. The van der Waals surface area contributed by atoms with Gasteiger partial charge in [-0.05, 0) is 24.1 Å². The number of pyridine rings is 1. The highest BCUT2D eigenvalue weighted by atomic mass is 32.1. The fourth-order valence-electron chi connectivity index (χ4n) is 2.01. The molecule has 2 aromatic rings. The highest BCUT2D eigenvalue weighted by Crippen LogP contribution is 2.23. The number of nitrogens with zero attached hydrogens (tertiary/aromatic N) is 1. The number of nitrogens with two attached hydrogens (primary N) is 1. The third-order valence-electron chi connectivity index (χ3n) is 2.98. The first-order chi connectivity index (χ1) is 9.22. The molecule has 0 aliphatic heterocycles. The summed E-state index contributed by atoms with van der Waals surface area (Å²) in [6.45, 7) is 2.14. The van der Waals surface area contributed by atoms with E-state index in [4.69, 9.17) is 18.0 Å². The quantitative estimate of drug-likeness (QED) is 0.819. The summed E-state index contributed by atoms with van der Waals surface area (Å²) in [5, 5.41) is 3.46. The number of aromatic nitrogens is 1. The van der Waals surface area contributed by atoms with Crippen LogP contribution in [-0.2, 0) is 0 Å². The third kappa shape index (κ3) is 3.29. The van der Waals surface area contributed by atoms with E-state index in [9.17, 15) is 0 Å². The Labute approximate surface area is 118 Å². The van der Waals surface area contributed by atoms with E-state index in [1.54, 1.807) is 6.20 Å². The topological polar surface area (TPSA) is 50.9 Å². The lowest BCUT2D eigenvalue weighted by Crippen LogP contribution is -2.17. The predicted molar refractivity (Wildman–Crippen MR) is 83.2 cm³/mol. The number of benzene rings is 1. The zero-order valence-electron chi connectivity index (χ0n) is 10.8. The molecular formula is C15H17N3S. The summed E-state index contributed by atoms with van der Waals surface area (Å²) in [7, 11) is 0. The Kier molecular flexibility index (Phi) is 4.47. The van der Waals surface area contributed by atoms with Crippen molar-refractivity contribution in [3.63, 3.8) is 0 Å². The molecule has 0 spiro atoms. The van der Waals surface area contributed by atoms with Gasteiger partial charge < -0.3 is 11.1 Å². The van der Waals surface area contributed by atoms with Crippen LogP contribution in [0, 0.1) is 0 Å². The minimum absolute atomic E-state index is 0.221. The number of hydrogen-bond acceptors (Lipinski definition) is 3. The van der Waals surface area contributed by atoms with E-state index in [2.05, 4.69) is 29.4 Å². The Morgan fingerprint density at radius 2 is 2.00 bits per heavy atom. The number of hydrogen-bond donors (Lipinski definition) is 2. The van der Waals surface area contributed by atoms with Gasteiger partial charge in [0.05, 0.1) is 11.7 Å². The number of thiocarbonyl (C=S) groups is 1. The second-order valence-corrected chi connectivity index (χ2v) is 4.72. The third-order valence-corrected chi connectivity index (χ3v) is 3.17. The van der Waals surface area contributed by atoms with Crippen molar-refractivity contribution in [3.8, 4) is 0 Å². The van der Waals surface area contributed by atoms with Gasteiger partial charge in [-0.3, -0.25) is 4.98 Å². The zero-order valence-corrected chi connectivity index (χ0v) is 11.7. The highest BCUT2D eigenvalue weighted by Gasteiger charge is 2.12. The van der Waals surface area contributed by atoms with Gasteiger partial charge in [0.15, 0.2) is 0 Å². The fourth-order valence-corrected chi connectivity index (χ4v) is 2.17. The molecule has 1 unspecified atom stereocenters. The monoisotopic (exact) mass is 271 g/mol. The minimum atomic E-state index is 0.221. The van der Waals surface area contributed by atoms with Crippen molar-refractivity contribution in [3.05, 3.63) is 59.9 Å². The van der Waals surface area contributed by atoms with E-state index in [1.807, 2.05) is 30.3 Å². The lowest BCUT2D eigenvalue weighted by atomic mass is 10.0. The average molecular weight is 271 g/mol. The fraction of sp³-hybridized carbons (Fsp3) is 0.200. The molecule has 4 heteroatoms. The Morgan fingerprint density at radius 1 is 1.26 bits per heavy atom. The van der Waals surface area contributed by atoms with Gasteiger partial charge in [0.25, 0.3) is 0 Å². The maximum Gasteiger partial charge on any atom is 0.124 e. The van der Waals surface area contributed by atoms with Gasteiger partial charge in [-0.25, -0.2) is 0 Å². The summed E-state index contributed by atoms with van der Waals surface area (Å²) in [4.78, 5) is 4.54. The van der Waals surface area contributed by atoms with Gasteiger partial charge in [0.1, 0.15) is 10.7 Å². The van der Waals surface area contributed by atoms with Crippen molar-refractivity contribution in [1.82, 2.24) is 4.98 Å². The maximum atomic E-state index is 5.70. The lowest BCUT2D eigenvalue weighted by molar-refractivity contribution is 0.748. The van der Waals surface area contributed by atoms with E-state index >= 15 is 0 Å². The molecule has 98 valence electrons. The molecule has 0 radical (unpaired) electrons. The summed E-state index contributed by atoms with van der Waals surface area (Å²) in [6, 6.07) is 14.4. The Balaban J connectivity index is 2.27. The number of anilines is 1. The van der Waals surface area contributed by atoms with Crippen LogP contribution in [0.5, 0.6) is 0 Å². The first kappa shape index (κ1) is 13.5. The summed E-state index contributed by atoms with van der Waals surface area (Å²) >= 11 is 5.03. The molecule has 1 aromatic carbocycles. The van der Waals surface area contributed by atoms with Gasteiger partial charge >= 0.3 is 0 Å². The van der Waals surface area contributed by atoms with Crippen molar-refractivity contribution < 1.29 is 0 Å². The Bertz CT molecular complexity index is 554. The predicted octanol–water partition coefficient (Wildman–Crippen LogP) is 3.28. The van der Waals surface area contributed by atoms with Crippen LogP contribution >= 0.6 is 12.2 Å². The zero-order chi connectivity index (χ0) is 13.7. The summed E-state index contributed by atoms with van der Waals surface area (Å²) in [5.41, 5.74) is 8.46. The van der Waals surface area contributed by atoms with Gasteiger partial charge in [-0.1, -0.05) is 49.5 Å². The first-order valence-corrected chi connectivity index (χ1v) is 6.69. The maximum absolute atomic E-state index is 5.70. The summed E-state index contributed by atoms with van der Waals surface area (Å²) in [5.74, 6) is 0. The van der Waals surface area contributed by atoms with Crippen LogP contribution in [-0.4, -0.2) is 9.97 Å². The molecule has 0 fully saturated rings. The van der Waals surface area contributed by atoms with E-state index < -0.39 is 0 Å². The van der Waals surface area contributed by atoms with Crippen molar-refractivity contribution in [2.24, 2.45) is 5.73 Å². The minimum Gasteiger partial charge on any atom is -0.388 e.